The van der Waals surface area contributed by atoms with E-state index in [0.717, 1.165) is 44.9 Å². The minimum absolute atomic E-state index is 0.00551. The third-order valence-electron chi connectivity index (χ3n) is 11.5. The molecule has 4 heterocycles. The highest BCUT2D eigenvalue weighted by molar-refractivity contribution is 5.97. The lowest BCUT2D eigenvalue weighted by molar-refractivity contribution is 0.475. The van der Waals surface area contributed by atoms with Gasteiger partial charge in [-0.15, -0.1) is 20.5 Å². The summed E-state index contributed by atoms with van der Waals surface area (Å²) >= 11 is 0. The van der Waals surface area contributed by atoms with Gasteiger partial charge < -0.3 is 29.9 Å². The van der Waals surface area contributed by atoms with Crippen LogP contribution in [-0.4, -0.2) is 35.3 Å². The Morgan fingerprint density at radius 1 is 0.400 bits per heavy atom. The summed E-state index contributed by atoms with van der Waals surface area (Å²) in [4.78, 5) is 22.8. The molecule has 0 atom stereocenters. The summed E-state index contributed by atoms with van der Waals surface area (Å²) in [5.74, 6) is 1.11. The van der Waals surface area contributed by atoms with Crippen LogP contribution in [0.2, 0.25) is 0 Å². The molecule has 14 nitrogen and oxygen atoms in total. The fraction of sp³-hybridized carbons (Fsp3) is 0.0714. The third kappa shape index (κ3) is 10.4. The fourth-order valence-corrected chi connectivity index (χ4v) is 8.08. The van der Waals surface area contributed by atoms with Gasteiger partial charge in [0.2, 0.25) is 0 Å². The normalized spacial score (nSPS) is 11.4. The zero-order valence-corrected chi connectivity index (χ0v) is 37.6. The molecule has 0 amide bonds. The average molecular weight is 921 g/mol. The van der Waals surface area contributed by atoms with E-state index in [1.54, 1.807) is 61.2 Å². The van der Waals surface area contributed by atoms with E-state index in [-0.39, 0.29) is 22.9 Å². The Morgan fingerprint density at radius 3 is 1.41 bits per heavy atom. The van der Waals surface area contributed by atoms with Crippen molar-refractivity contribution in [3.8, 4) is 28.7 Å². The van der Waals surface area contributed by atoms with Gasteiger partial charge in [0.15, 0.2) is 0 Å². The first-order valence-electron chi connectivity index (χ1n) is 22.4. The molecule has 6 aromatic carbocycles. The molecule has 0 aliphatic carbocycles. The number of aromatic nitrogens is 4. The Morgan fingerprint density at radius 2 is 0.886 bits per heavy atom. The number of ether oxygens (including phenoxy) is 1. The number of para-hydroxylation sites is 2. The Bertz CT molecular complexity index is 3430. The number of pyridine rings is 4. The van der Waals surface area contributed by atoms with Crippen molar-refractivity contribution >= 4 is 55.7 Å². The molecule has 0 saturated carbocycles. The van der Waals surface area contributed by atoms with Crippen LogP contribution >= 0.6 is 0 Å². The number of aromatic hydroxyl groups is 3. The van der Waals surface area contributed by atoms with Crippen LogP contribution in [0.25, 0.3) is 21.5 Å². The van der Waals surface area contributed by atoms with Crippen molar-refractivity contribution in [2.45, 2.75) is 26.2 Å². The molecule has 0 spiro atoms. The molecule has 342 valence electrons. The number of phenolic OH excluding ortho intramolecular Hbond substituents is 3. The first kappa shape index (κ1) is 44.3. The first-order chi connectivity index (χ1) is 34.4. The highest BCUT2D eigenvalue weighted by Gasteiger charge is 2.18. The van der Waals surface area contributed by atoms with Gasteiger partial charge in [-0.3, -0.25) is 19.9 Å². The minimum atomic E-state index is -0.0540. The van der Waals surface area contributed by atoms with Gasteiger partial charge in [-0.05, 0) is 126 Å². The lowest BCUT2D eigenvalue weighted by atomic mass is 10.1. The number of fused-ring (bicyclic) bond motifs is 2. The predicted molar refractivity (Wildman–Crippen MR) is 271 cm³/mol. The van der Waals surface area contributed by atoms with Crippen molar-refractivity contribution in [1.29, 1.82) is 0 Å². The van der Waals surface area contributed by atoms with Gasteiger partial charge in [-0.2, -0.15) is 0 Å². The van der Waals surface area contributed by atoms with E-state index in [4.69, 9.17) is 14.8 Å². The second kappa shape index (κ2) is 20.5. The van der Waals surface area contributed by atoms with Crippen molar-refractivity contribution in [3.05, 3.63) is 223 Å². The molecular weight excluding hydrogens is 877 g/mol. The Kier molecular flexibility index (Phi) is 13.0. The third-order valence-corrected chi connectivity index (χ3v) is 11.5. The van der Waals surface area contributed by atoms with Crippen molar-refractivity contribution < 1.29 is 20.1 Å². The van der Waals surface area contributed by atoms with Crippen LogP contribution in [0, 0.1) is 0 Å². The van der Waals surface area contributed by atoms with Gasteiger partial charge >= 0.3 is 0 Å². The Balaban J connectivity index is 0.879. The van der Waals surface area contributed by atoms with Crippen LogP contribution in [0.3, 0.4) is 0 Å². The molecule has 0 saturated heterocycles. The largest absolute Gasteiger partial charge is 0.508 e. The lowest BCUT2D eigenvalue weighted by Crippen LogP contribution is -2.23. The molecule has 0 aliphatic heterocycles. The zero-order chi connectivity index (χ0) is 47.7. The highest BCUT2D eigenvalue weighted by atomic mass is 16.5. The number of anilines is 2. The molecule has 3 N–H and O–H groups in total. The number of rotatable bonds is 16. The fourth-order valence-electron chi connectivity index (χ4n) is 8.08. The lowest BCUT2D eigenvalue weighted by Gasteiger charge is -2.25. The summed E-state index contributed by atoms with van der Waals surface area (Å²) in [7, 11) is 0. The van der Waals surface area contributed by atoms with Crippen molar-refractivity contribution in [2.75, 3.05) is 9.80 Å². The monoisotopic (exact) mass is 920 g/mol. The van der Waals surface area contributed by atoms with Crippen LogP contribution in [0.4, 0.5) is 34.1 Å². The number of benzene rings is 6. The summed E-state index contributed by atoms with van der Waals surface area (Å²) in [6.07, 6.45) is 7.00. The molecule has 10 aromatic rings. The second-order valence-corrected chi connectivity index (χ2v) is 16.3. The highest BCUT2D eigenvalue weighted by Crippen LogP contribution is 2.41. The van der Waals surface area contributed by atoms with Crippen LogP contribution in [0.15, 0.2) is 221 Å². The van der Waals surface area contributed by atoms with Crippen molar-refractivity contribution in [3.63, 3.8) is 0 Å². The summed E-state index contributed by atoms with van der Waals surface area (Å²) in [5, 5.41) is 53.4. The van der Waals surface area contributed by atoms with Crippen LogP contribution in [0.1, 0.15) is 22.8 Å². The van der Waals surface area contributed by atoms with Gasteiger partial charge in [-0.1, -0.05) is 60.7 Å². The number of hydrogen-bond acceptors (Lipinski definition) is 14. The summed E-state index contributed by atoms with van der Waals surface area (Å²) in [6.45, 7) is 1.88. The number of nitrogens with zero attached hydrogens (tertiary/aromatic N) is 10. The van der Waals surface area contributed by atoms with E-state index in [0.29, 0.717) is 65.5 Å². The molecule has 10 rings (SSSR count). The molecule has 0 fully saturated rings. The van der Waals surface area contributed by atoms with E-state index >= 15 is 0 Å². The number of phenols is 3. The van der Waals surface area contributed by atoms with Gasteiger partial charge in [0.25, 0.3) is 0 Å². The maximum Gasteiger partial charge on any atom is 0.145 e. The molecule has 14 heteroatoms. The Labute approximate surface area is 402 Å². The smallest absolute Gasteiger partial charge is 0.145 e. The van der Waals surface area contributed by atoms with Crippen molar-refractivity contribution in [2.24, 2.45) is 20.5 Å². The average Bonchev–Trinajstić information content (AvgIpc) is 3.39. The summed E-state index contributed by atoms with van der Waals surface area (Å²) in [6, 6.07) is 53.9. The molecule has 70 heavy (non-hydrogen) atoms. The van der Waals surface area contributed by atoms with E-state index in [1.165, 1.54) is 0 Å². The maximum atomic E-state index is 11.1. The van der Waals surface area contributed by atoms with Crippen LogP contribution in [0.5, 0.6) is 28.7 Å². The standard InChI is InChI=1S/C56H44N10O4/c67-44-22-18-38-19-26-54(69)56(48(38)32-44)64-62-50-15-2-4-17-52(50)66(36-42-13-7-10-30-59-42)37-43-21-23-46(33-60-43)70-45-24-25-47-39(31-45)20-27-53(68)55(47)63-61-49-14-1-3-16-51(49)65(34-40-11-5-8-28-57-40)35-41-12-6-9-29-58-41/h1-33,67-69H,34-37H2. The van der Waals surface area contributed by atoms with Crippen molar-refractivity contribution in [1.82, 2.24) is 19.9 Å². The number of azo groups is 2. The predicted octanol–water partition coefficient (Wildman–Crippen LogP) is 13.7. The van der Waals surface area contributed by atoms with Crippen LogP contribution < -0.4 is 14.5 Å². The van der Waals surface area contributed by atoms with Gasteiger partial charge in [0.05, 0.1) is 66.5 Å². The van der Waals surface area contributed by atoms with E-state index in [9.17, 15) is 15.3 Å². The van der Waals surface area contributed by atoms with Gasteiger partial charge in [-0.25, -0.2) is 0 Å². The maximum absolute atomic E-state index is 11.1. The van der Waals surface area contributed by atoms with E-state index in [2.05, 4.69) is 40.1 Å². The molecular formula is C56H44N10O4. The van der Waals surface area contributed by atoms with E-state index < -0.39 is 0 Å². The quantitative estimate of drug-likeness (QED) is 0.0790. The van der Waals surface area contributed by atoms with Gasteiger partial charge in [0.1, 0.15) is 51.5 Å². The first-order valence-corrected chi connectivity index (χ1v) is 22.4. The second-order valence-electron chi connectivity index (χ2n) is 16.3. The molecule has 0 radical (unpaired) electrons. The molecule has 0 unspecified atom stereocenters. The zero-order valence-electron chi connectivity index (χ0n) is 37.6. The molecule has 0 bridgehead atoms. The topological polar surface area (TPSA) is 177 Å². The summed E-state index contributed by atoms with van der Waals surface area (Å²) in [5.41, 5.74) is 6.78. The Hall–Kier alpha value is -9.56. The molecule has 0 aliphatic rings. The van der Waals surface area contributed by atoms with Gasteiger partial charge in [0, 0.05) is 29.4 Å². The minimum Gasteiger partial charge on any atom is -0.508 e. The van der Waals surface area contributed by atoms with Crippen LogP contribution in [-0.2, 0) is 26.2 Å². The summed E-state index contributed by atoms with van der Waals surface area (Å²) < 4.78 is 6.32. The van der Waals surface area contributed by atoms with E-state index in [1.807, 2.05) is 140 Å². The molecule has 4 aromatic heterocycles. The SMILES string of the molecule is Oc1ccc2ccc(O)c(N=Nc3ccccc3N(Cc3ccccn3)Cc3ccc(Oc4ccc5c(N=Nc6ccccc6N(Cc6ccccn6)Cc6ccccn6)c(O)ccc5c4)cn3)c2c1. The number of hydrogen-bond donors (Lipinski definition) is 3.